The third-order valence-electron chi connectivity index (χ3n) is 5.52. The van der Waals surface area contributed by atoms with Crippen LogP contribution >= 0.6 is 34.0 Å². The first-order valence-electron chi connectivity index (χ1n) is 10.1. The lowest BCUT2D eigenvalue weighted by molar-refractivity contribution is 0.0601. The summed E-state index contributed by atoms with van der Waals surface area (Å²) in [5.74, 6) is -0.892. The number of carbonyl (C=O) groups excluding carboxylic acids is 2. The summed E-state index contributed by atoms with van der Waals surface area (Å²) in [6, 6.07) is 3.98. The van der Waals surface area contributed by atoms with E-state index in [1.807, 2.05) is 29.0 Å². The van der Waals surface area contributed by atoms with Gasteiger partial charge in [0.2, 0.25) is 0 Å². The highest BCUT2D eigenvalue weighted by molar-refractivity contribution is 7.21. The lowest BCUT2D eigenvalue weighted by atomic mass is 9.99. The quantitative estimate of drug-likeness (QED) is 0.325. The average Bonchev–Trinajstić information content (AvgIpc) is 3.55. The van der Waals surface area contributed by atoms with Gasteiger partial charge in [-0.15, -0.1) is 22.7 Å². The van der Waals surface area contributed by atoms with Gasteiger partial charge in [0.1, 0.15) is 32.2 Å². The maximum Gasteiger partial charge on any atom is 0.341 e. The molecule has 11 heteroatoms. The van der Waals surface area contributed by atoms with Crippen LogP contribution in [0, 0.1) is 11.3 Å². The van der Waals surface area contributed by atoms with Crippen LogP contribution in [0.15, 0.2) is 22.9 Å². The largest absolute Gasteiger partial charge is 0.465 e. The molecule has 1 aliphatic carbocycles. The number of thiophene rings is 3. The highest BCUT2D eigenvalue weighted by Crippen LogP contribution is 2.44. The first-order chi connectivity index (χ1) is 16.4. The molecule has 8 nitrogen and oxygen atoms in total. The van der Waals surface area contributed by atoms with Gasteiger partial charge in [-0.3, -0.25) is 4.79 Å². The Morgan fingerprint density at radius 3 is 2.82 bits per heavy atom. The predicted molar refractivity (Wildman–Crippen MR) is 137 cm³/mol. The van der Waals surface area contributed by atoms with Gasteiger partial charge in [0.25, 0.3) is 5.91 Å². The number of rotatable bonds is 4. The summed E-state index contributed by atoms with van der Waals surface area (Å²) in [7, 11) is 1.31. The fraction of sp³-hybridized carbons (Fsp3) is 0.130. The SMILES string of the molecule is COC(=O)c1c(NC(=O)c2sc3nc(N)c(C#N)c(-c4ccsc4)c3c2N)sc2c1CCC=C2. The molecule has 34 heavy (non-hydrogen) atoms. The molecule has 1 aliphatic rings. The summed E-state index contributed by atoms with van der Waals surface area (Å²) in [6.45, 7) is 0. The van der Waals surface area contributed by atoms with Gasteiger partial charge in [0.15, 0.2) is 0 Å². The molecule has 0 spiro atoms. The number of esters is 1. The van der Waals surface area contributed by atoms with Crippen molar-refractivity contribution in [1.29, 1.82) is 5.26 Å². The molecule has 0 saturated heterocycles. The van der Waals surface area contributed by atoms with Crippen LogP contribution in [0.25, 0.3) is 27.4 Å². The molecule has 1 amide bonds. The van der Waals surface area contributed by atoms with Crippen LogP contribution in [0.2, 0.25) is 0 Å². The van der Waals surface area contributed by atoms with E-state index in [9.17, 15) is 14.9 Å². The second kappa shape index (κ2) is 8.57. The van der Waals surface area contributed by atoms with E-state index in [4.69, 9.17) is 16.2 Å². The predicted octanol–water partition coefficient (Wildman–Crippen LogP) is 5.12. The minimum Gasteiger partial charge on any atom is -0.465 e. The Balaban J connectivity index is 1.63. The molecule has 0 aliphatic heterocycles. The summed E-state index contributed by atoms with van der Waals surface area (Å²) in [5.41, 5.74) is 15.5. The van der Waals surface area contributed by atoms with Gasteiger partial charge in [-0.05, 0) is 46.9 Å². The van der Waals surface area contributed by atoms with Crippen molar-refractivity contribution in [3.05, 3.63) is 49.3 Å². The Bertz CT molecular complexity index is 1540. The molecule has 4 aromatic heterocycles. The number of ether oxygens (including phenoxy) is 1. The number of nitrogens with zero attached hydrogens (tertiary/aromatic N) is 2. The standard InChI is InChI=1S/C23H17N5O3S3/c1-31-23(30)15-11-4-2-3-5-13(11)33-21(15)28-20(29)18-17(25)16-14(10-6-7-32-9-10)12(8-24)19(26)27-22(16)34-18/h3,5-7,9H,2,4,25H2,1H3,(H2,26,27)(H,28,29). The molecule has 0 fully saturated rings. The zero-order valence-corrected chi connectivity index (χ0v) is 20.2. The van der Waals surface area contributed by atoms with Gasteiger partial charge in [-0.2, -0.15) is 16.6 Å². The highest BCUT2D eigenvalue weighted by Gasteiger charge is 2.28. The summed E-state index contributed by atoms with van der Waals surface area (Å²) in [5, 5.41) is 17.3. The van der Waals surface area contributed by atoms with Gasteiger partial charge in [0.05, 0.1) is 18.4 Å². The Kier molecular flexibility index (Phi) is 5.57. The fourth-order valence-electron chi connectivity index (χ4n) is 4.00. The van der Waals surface area contributed by atoms with Crippen LogP contribution < -0.4 is 16.8 Å². The molecule has 0 unspecified atom stereocenters. The number of methoxy groups -OCH3 is 1. The molecule has 0 bridgehead atoms. The highest BCUT2D eigenvalue weighted by atomic mass is 32.1. The smallest absolute Gasteiger partial charge is 0.341 e. The van der Waals surface area contributed by atoms with Gasteiger partial charge in [-0.25, -0.2) is 9.78 Å². The van der Waals surface area contributed by atoms with Crippen molar-refractivity contribution in [2.45, 2.75) is 12.8 Å². The van der Waals surface area contributed by atoms with E-state index in [-0.39, 0.29) is 21.9 Å². The van der Waals surface area contributed by atoms with Crippen LogP contribution in [0.4, 0.5) is 16.5 Å². The van der Waals surface area contributed by atoms with Crippen LogP contribution in [0.3, 0.4) is 0 Å². The monoisotopic (exact) mass is 507 g/mol. The van der Waals surface area contributed by atoms with Gasteiger partial charge in [-0.1, -0.05) is 6.08 Å². The molecule has 0 aromatic carbocycles. The molecular formula is C23H17N5O3S3. The van der Waals surface area contributed by atoms with Crippen molar-refractivity contribution in [3.63, 3.8) is 0 Å². The molecule has 4 aromatic rings. The van der Waals surface area contributed by atoms with E-state index in [0.29, 0.717) is 32.8 Å². The van der Waals surface area contributed by atoms with E-state index in [2.05, 4.69) is 16.4 Å². The number of allylic oxidation sites excluding steroid dienone is 1. The number of fused-ring (bicyclic) bond motifs is 2. The first-order valence-corrected chi connectivity index (χ1v) is 12.7. The summed E-state index contributed by atoms with van der Waals surface area (Å²) in [4.78, 5) is 31.8. The van der Waals surface area contributed by atoms with Crippen molar-refractivity contribution in [3.8, 4) is 17.2 Å². The Labute approximate surface area is 206 Å². The minimum atomic E-state index is -0.500. The van der Waals surface area contributed by atoms with E-state index >= 15 is 0 Å². The number of nitrogens with two attached hydrogens (primary N) is 2. The topological polar surface area (TPSA) is 144 Å². The number of nitrogens with one attached hydrogen (secondary N) is 1. The zero-order valence-electron chi connectivity index (χ0n) is 17.8. The number of pyridine rings is 1. The van der Waals surface area contributed by atoms with Crippen LogP contribution in [-0.2, 0) is 11.2 Å². The number of nitriles is 1. The second-order valence-electron chi connectivity index (χ2n) is 7.43. The van der Waals surface area contributed by atoms with Crippen molar-refractivity contribution >= 4 is 78.7 Å². The minimum absolute atomic E-state index is 0.0788. The number of amides is 1. The molecule has 5 N–H and O–H groups in total. The van der Waals surface area contributed by atoms with E-state index in [1.54, 1.807) is 0 Å². The molecule has 4 heterocycles. The van der Waals surface area contributed by atoms with Gasteiger partial charge >= 0.3 is 5.97 Å². The molecule has 170 valence electrons. The van der Waals surface area contributed by atoms with Crippen molar-refractivity contribution in [1.82, 2.24) is 4.98 Å². The third kappa shape index (κ3) is 3.43. The Morgan fingerprint density at radius 1 is 1.29 bits per heavy atom. The normalized spacial score (nSPS) is 12.4. The van der Waals surface area contributed by atoms with Crippen LogP contribution in [-0.4, -0.2) is 24.0 Å². The third-order valence-corrected chi connectivity index (χ3v) is 8.41. The van der Waals surface area contributed by atoms with E-state index in [0.717, 1.165) is 33.8 Å². The summed E-state index contributed by atoms with van der Waals surface area (Å²) >= 11 is 3.88. The number of hydrogen-bond donors (Lipinski definition) is 3. The van der Waals surface area contributed by atoms with Gasteiger partial charge in [0, 0.05) is 15.8 Å². The molecular weight excluding hydrogens is 490 g/mol. The van der Waals surface area contributed by atoms with Crippen LogP contribution in [0.1, 0.15) is 42.5 Å². The molecule has 0 atom stereocenters. The summed E-state index contributed by atoms with van der Waals surface area (Å²) in [6.07, 6.45) is 5.48. The van der Waals surface area contributed by atoms with E-state index in [1.165, 1.54) is 29.8 Å². The number of nitrogen functional groups attached to an aromatic ring is 2. The summed E-state index contributed by atoms with van der Waals surface area (Å²) < 4.78 is 4.97. The zero-order chi connectivity index (χ0) is 24.0. The molecule has 5 rings (SSSR count). The Morgan fingerprint density at radius 2 is 2.12 bits per heavy atom. The van der Waals surface area contributed by atoms with Crippen molar-refractivity contribution in [2.24, 2.45) is 0 Å². The lowest BCUT2D eigenvalue weighted by Crippen LogP contribution is -2.15. The number of aromatic nitrogens is 1. The van der Waals surface area contributed by atoms with E-state index < -0.39 is 11.9 Å². The second-order valence-corrected chi connectivity index (χ2v) is 10.3. The van der Waals surface area contributed by atoms with Gasteiger partial charge < -0.3 is 21.5 Å². The van der Waals surface area contributed by atoms with Crippen LogP contribution in [0.5, 0.6) is 0 Å². The average molecular weight is 508 g/mol. The Hall–Kier alpha value is -3.72. The number of carbonyl (C=O) groups is 2. The first kappa shape index (κ1) is 22.1. The van der Waals surface area contributed by atoms with Crippen molar-refractivity contribution in [2.75, 3.05) is 23.9 Å². The number of anilines is 3. The number of hydrogen-bond acceptors (Lipinski definition) is 10. The maximum absolute atomic E-state index is 13.4. The maximum atomic E-state index is 13.4. The van der Waals surface area contributed by atoms with Crippen molar-refractivity contribution < 1.29 is 14.3 Å². The fourth-order valence-corrected chi connectivity index (χ4v) is 6.81. The molecule has 0 radical (unpaired) electrons. The lowest BCUT2D eigenvalue weighted by Gasteiger charge is -2.09. The molecule has 0 saturated carbocycles.